The number of methoxy groups -OCH3 is 1. The van der Waals surface area contributed by atoms with Crippen LogP contribution in [0.2, 0.25) is 0 Å². The molecule has 1 heterocycles. The second-order valence-electron chi connectivity index (χ2n) is 6.08. The fourth-order valence-corrected chi connectivity index (χ4v) is 3.42. The molecule has 1 amide bonds. The molecule has 1 unspecified atom stereocenters. The Morgan fingerprint density at radius 3 is 2.62 bits per heavy atom. The molecular formula is C19H20N2O4S. The van der Waals surface area contributed by atoms with Crippen molar-refractivity contribution in [1.29, 1.82) is 0 Å². The van der Waals surface area contributed by atoms with Gasteiger partial charge in [0.25, 0.3) is 5.91 Å². The number of nitrogens with one attached hydrogen (secondary N) is 1. The van der Waals surface area contributed by atoms with E-state index in [-0.39, 0.29) is 5.76 Å². The summed E-state index contributed by atoms with van der Waals surface area (Å²) in [6.45, 7) is 1.91. The van der Waals surface area contributed by atoms with E-state index in [0.717, 1.165) is 16.6 Å². The van der Waals surface area contributed by atoms with Crippen LogP contribution >= 0.6 is 0 Å². The van der Waals surface area contributed by atoms with Crippen LogP contribution in [0.5, 0.6) is 5.75 Å². The van der Waals surface area contributed by atoms with Gasteiger partial charge in [-0.05, 0) is 42.8 Å². The van der Waals surface area contributed by atoms with Gasteiger partial charge in [-0.25, -0.2) is 4.21 Å². The minimum absolute atomic E-state index is 0.107. The number of hydrogen-bond acceptors (Lipinski definition) is 5. The number of amides is 1. The van der Waals surface area contributed by atoms with Crippen molar-refractivity contribution in [2.24, 2.45) is 0 Å². The van der Waals surface area contributed by atoms with Crippen molar-refractivity contribution in [2.45, 2.75) is 11.8 Å². The Kier molecular flexibility index (Phi) is 4.99. The molecule has 0 aliphatic rings. The molecule has 1 N–H and O–H groups in total. The maximum atomic E-state index is 12.5. The first kappa shape index (κ1) is 18.0. The Balaban J connectivity index is 1.83. The predicted molar refractivity (Wildman–Crippen MR) is 102 cm³/mol. The van der Waals surface area contributed by atoms with E-state index < -0.39 is 16.9 Å². The number of carbonyl (C=O) groups is 1. The third-order valence-corrected chi connectivity index (χ3v) is 5.06. The van der Waals surface area contributed by atoms with Gasteiger partial charge >= 0.3 is 0 Å². The van der Waals surface area contributed by atoms with Gasteiger partial charge in [0, 0.05) is 31.2 Å². The van der Waals surface area contributed by atoms with Gasteiger partial charge in [-0.1, -0.05) is 6.07 Å². The number of benzene rings is 2. The molecule has 0 bridgehead atoms. The monoisotopic (exact) mass is 372 g/mol. The van der Waals surface area contributed by atoms with E-state index >= 15 is 0 Å². The Labute approximate surface area is 154 Å². The largest absolute Gasteiger partial charge is 0.495 e. The molecule has 0 radical (unpaired) electrons. The summed E-state index contributed by atoms with van der Waals surface area (Å²) in [5.41, 5.74) is 2.54. The van der Waals surface area contributed by atoms with Crippen LogP contribution in [0.15, 0.2) is 51.8 Å². The van der Waals surface area contributed by atoms with Crippen LogP contribution in [0.4, 0.5) is 5.69 Å². The lowest BCUT2D eigenvalue weighted by Gasteiger charge is -2.11. The molecule has 0 aliphatic heterocycles. The number of aryl methyl sites for hydroxylation is 1. The summed E-state index contributed by atoms with van der Waals surface area (Å²) < 4.78 is 25.9. The first-order valence-electron chi connectivity index (χ1n) is 7.97. The lowest BCUT2D eigenvalue weighted by Crippen LogP contribution is -2.25. The molecule has 7 heteroatoms. The summed E-state index contributed by atoms with van der Waals surface area (Å²) in [6.07, 6.45) is 0. The zero-order chi connectivity index (χ0) is 18.8. The number of ether oxygens (including phenoxy) is 1. The lowest BCUT2D eigenvalue weighted by molar-refractivity contribution is 0.0958. The highest BCUT2D eigenvalue weighted by Crippen LogP contribution is 2.25. The van der Waals surface area contributed by atoms with Gasteiger partial charge in [0.05, 0.1) is 7.11 Å². The molecule has 0 fully saturated rings. The number of nitrogens with zero attached hydrogens (tertiary/aromatic N) is 1. The van der Waals surface area contributed by atoms with E-state index in [4.69, 9.17) is 9.15 Å². The van der Waals surface area contributed by atoms with Crippen LogP contribution in [0.1, 0.15) is 16.1 Å². The maximum absolute atomic E-state index is 12.5. The van der Waals surface area contributed by atoms with Crippen LogP contribution in [0, 0.1) is 6.92 Å². The van der Waals surface area contributed by atoms with Crippen LogP contribution in [0.3, 0.4) is 0 Å². The van der Waals surface area contributed by atoms with E-state index in [2.05, 4.69) is 4.72 Å². The summed E-state index contributed by atoms with van der Waals surface area (Å²) in [5.74, 6) is 0.0211. The third-order valence-electron chi connectivity index (χ3n) is 3.95. The Bertz CT molecular complexity index is 994. The first-order valence-corrected chi connectivity index (χ1v) is 9.12. The van der Waals surface area contributed by atoms with Gasteiger partial charge in [0.15, 0.2) is 16.7 Å². The molecule has 3 aromatic rings. The molecule has 26 heavy (non-hydrogen) atoms. The second kappa shape index (κ2) is 7.21. The van der Waals surface area contributed by atoms with E-state index in [9.17, 15) is 9.00 Å². The Morgan fingerprint density at radius 2 is 1.92 bits per heavy atom. The second-order valence-corrected chi connectivity index (χ2v) is 7.26. The summed E-state index contributed by atoms with van der Waals surface area (Å²) in [4.78, 5) is 14.8. The number of anilines is 1. The van der Waals surface area contributed by atoms with Crippen LogP contribution < -0.4 is 14.4 Å². The molecule has 1 aromatic heterocycles. The van der Waals surface area contributed by atoms with E-state index in [1.54, 1.807) is 18.2 Å². The number of furan rings is 1. The summed E-state index contributed by atoms with van der Waals surface area (Å²) in [7, 11) is 3.59. The van der Waals surface area contributed by atoms with Gasteiger partial charge in [-0.3, -0.25) is 9.52 Å². The highest BCUT2D eigenvalue weighted by molar-refractivity contribution is 7.83. The van der Waals surface area contributed by atoms with Crippen molar-refractivity contribution in [1.82, 2.24) is 4.72 Å². The Morgan fingerprint density at radius 1 is 1.15 bits per heavy atom. The van der Waals surface area contributed by atoms with Crippen molar-refractivity contribution in [2.75, 3.05) is 26.1 Å². The summed E-state index contributed by atoms with van der Waals surface area (Å²) in [5, 5.41) is 0.805. The van der Waals surface area contributed by atoms with Gasteiger partial charge < -0.3 is 14.1 Å². The highest BCUT2D eigenvalue weighted by Gasteiger charge is 2.18. The van der Waals surface area contributed by atoms with Gasteiger partial charge in [-0.2, -0.15) is 0 Å². The molecule has 136 valence electrons. The fraction of sp³-hybridized carbons (Fsp3) is 0.211. The van der Waals surface area contributed by atoms with Crippen molar-refractivity contribution in [3.63, 3.8) is 0 Å². The quantitative estimate of drug-likeness (QED) is 0.744. The van der Waals surface area contributed by atoms with E-state index in [1.165, 1.54) is 7.11 Å². The van der Waals surface area contributed by atoms with Crippen molar-refractivity contribution in [3.8, 4) is 5.75 Å². The molecule has 2 aromatic carbocycles. The van der Waals surface area contributed by atoms with Gasteiger partial charge in [0.1, 0.15) is 16.2 Å². The van der Waals surface area contributed by atoms with E-state index in [0.29, 0.717) is 16.2 Å². The number of rotatable bonds is 5. The third kappa shape index (κ3) is 3.57. The predicted octanol–water partition coefficient (Wildman–Crippen LogP) is 3.27. The topological polar surface area (TPSA) is 71.8 Å². The average Bonchev–Trinajstić information content (AvgIpc) is 3.04. The van der Waals surface area contributed by atoms with Crippen LogP contribution in [-0.4, -0.2) is 31.3 Å². The minimum atomic E-state index is -1.76. The molecular weight excluding hydrogens is 352 g/mol. The normalized spacial score (nSPS) is 12.0. The lowest BCUT2D eigenvalue weighted by atomic mass is 10.2. The number of fused-ring (bicyclic) bond motifs is 1. The van der Waals surface area contributed by atoms with Crippen molar-refractivity contribution < 1.29 is 18.2 Å². The standard InChI is InChI=1S/C19H20N2O4S/c1-12-5-8-18(16(9-12)24-4)26(23)20-19(22)17-10-13-6-7-14(21(2)3)11-15(13)25-17/h5-11H,1-4H3,(H,20,22). The zero-order valence-corrected chi connectivity index (χ0v) is 15.8. The maximum Gasteiger partial charge on any atom is 0.298 e. The SMILES string of the molecule is COc1cc(C)ccc1S(=O)NC(=O)c1cc2ccc(N(C)C)cc2o1. The number of hydrogen-bond donors (Lipinski definition) is 1. The molecule has 0 spiro atoms. The molecule has 3 rings (SSSR count). The van der Waals surface area contributed by atoms with Crippen LogP contribution in [-0.2, 0) is 11.0 Å². The molecule has 0 saturated carbocycles. The van der Waals surface area contributed by atoms with Gasteiger partial charge in [0.2, 0.25) is 0 Å². The molecule has 6 nitrogen and oxygen atoms in total. The smallest absolute Gasteiger partial charge is 0.298 e. The van der Waals surface area contributed by atoms with Crippen molar-refractivity contribution >= 4 is 33.5 Å². The van der Waals surface area contributed by atoms with Crippen LogP contribution in [0.25, 0.3) is 11.0 Å². The molecule has 0 aliphatic carbocycles. The fourth-order valence-electron chi connectivity index (χ4n) is 2.53. The highest BCUT2D eigenvalue weighted by atomic mass is 32.2. The first-order chi connectivity index (χ1) is 12.4. The summed E-state index contributed by atoms with van der Waals surface area (Å²) in [6, 6.07) is 12.6. The van der Waals surface area contributed by atoms with Gasteiger partial charge in [-0.15, -0.1) is 0 Å². The summed E-state index contributed by atoms with van der Waals surface area (Å²) >= 11 is 0. The number of carbonyl (C=O) groups excluding carboxylic acids is 1. The average molecular weight is 372 g/mol. The zero-order valence-electron chi connectivity index (χ0n) is 15.0. The Hall–Kier alpha value is -2.80. The minimum Gasteiger partial charge on any atom is -0.495 e. The van der Waals surface area contributed by atoms with E-state index in [1.807, 2.05) is 50.2 Å². The molecule has 1 atom stereocenters. The van der Waals surface area contributed by atoms with Crippen molar-refractivity contribution in [3.05, 3.63) is 53.8 Å². The molecule has 0 saturated heterocycles.